The van der Waals surface area contributed by atoms with Crippen molar-refractivity contribution in [3.63, 3.8) is 0 Å². The van der Waals surface area contributed by atoms with E-state index in [0.717, 1.165) is 19.1 Å². The molecule has 1 aliphatic rings. The fourth-order valence-electron chi connectivity index (χ4n) is 2.28. The van der Waals surface area contributed by atoms with E-state index in [2.05, 4.69) is 0 Å². The van der Waals surface area contributed by atoms with Gasteiger partial charge in [0.25, 0.3) is 10.1 Å². The maximum absolute atomic E-state index is 11.0. The number of hydrogen-bond acceptors (Lipinski definition) is 4. The van der Waals surface area contributed by atoms with Crippen molar-refractivity contribution in [3.05, 3.63) is 35.9 Å². The lowest BCUT2D eigenvalue weighted by atomic mass is 9.88. The third kappa shape index (κ3) is 3.80. The molecule has 0 bridgehead atoms. The van der Waals surface area contributed by atoms with Gasteiger partial charge in [-0.2, -0.15) is 8.42 Å². The quantitative estimate of drug-likeness (QED) is 0.784. The van der Waals surface area contributed by atoms with Crippen molar-refractivity contribution in [1.82, 2.24) is 0 Å². The van der Waals surface area contributed by atoms with Crippen LogP contribution in [0.5, 0.6) is 0 Å². The highest BCUT2D eigenvalue weighted by molar-refractivity contribution is 7.85. The van der Waals surface area contributed by atoms with Crippen LogP contribution in [-0.2, 0) is 19.0 Å². The molecule has 2 rings (SSSR count). The summed E-state index contributed by atoms with van der Waals surface area (Å²) in [4.78, 5) is 0. The van der Waals surface area contributed by atoms with E-state index in [1.807, 2.05) is 30.3 Å². The summed E-state index contributed by atoms with van der Waals surface area (Å²) in [7, 11) is -3.41. The predicted molar refractivity (Wildman–Crippen MR) is 69.0 cm³/mol. The summed E-state index contributed by atoms with van der Waals surface area (Å²) in [6.45, 7) is 0.763. The van der Waals surface area contributed by atoms with Crippen LogP contribution < -0.4 is 0 Å². The second-order valence-corrected chi connectivity index (χ2v) is 6.20. The SMILES string of the molecule is CS(=O)(=O)OCC1OCCCC1c1ccccc1. The molecule has 2 unspecified atom stereocenters. The lowest BCUT2D eigenvalue weighted by Gasteiger charge is -2.31. The van der Waals surface area contributed by atoms with Crippen molar-refractivity contribution in [2.24, 2.45) is 0 Å². The highest BCUT2D eigenvalue weighted by atomic mass is 32.2. The largest absolute Gasteiger partial charge is 0.375 e. The average molecular weight is 270 g/mol. The van der Waals surface area contributed by atoms with Gasteiger partial charge >= 0.3 is 0 Å². The van der Waals surface area contributed by atoms with Crippen LogP contribution in [0.25, 0.3) is 0 Å². The first-order valence-electron chi connectivity index (χ1n) is 6.07. The van der Waals surface area contributed by atoms with Gasteiger partial charge in [0.1, 0.15) is 0 Å². The Morgan fingerprint density at radius 3 is 2.72 bits per heavy atom. The zero-order valence-corrected chi connectivity index (χ0v) is 11.2. The molecule has 1 heterocycles. The van der Waals surface area contributed by atoms with Crippen molar-refractivity contribution < 1.29 is 17.3 Å². The second kappa shape index (κ2) is 5.82. The number of benzene rings is 1. The van der Waals surface area contributed by atoms with Gasteiger partial charge < -0.3 is 4.74 Å². The molecule has 4 nitrogen and oxygen atoms in total. The summed E-state index contributed by atoms with van der Waals surface area (Å²) in [5.74, 6) is 0.210. The fourth-order valence-corrected chi connectivity index (χ4v) is 2.66. The van der Waals surface area contributed by atoms with Crippen LogP contribution in [0.1, 0.15) is 24.3 Å². The summed E-state index contributed by atoms with van der Waals surface area (Å²) in [5.41, 5.74) is 1.18. The molecule has 18 heavy (non-hydrogen) atoms. The summed E-state index contributed by atoms with van der Waals surface area (Å²) in [5, 5.41) is 0. The molecule has 0 aromatic heterocycles. The molecular weight excluding hydrogens is 252 g/mol. The predicted octanol–water partition coefficient (Wildman–Crippen LogP) is 1.93. The smallest absolute Gasteiger partial charge is 0.264 e. The van der Waals surface area contributed by atoms with Gasteiger partial charge in [0.05, 0.1) is 19.0 Å². The minimum Gasteiger partial charge on any atom is -0.375 e. The van der Waals surface area contributed by atoms with E-state index in [0.29, 0.717) is 6.61 Å². The third-order valence-electron chi connectivity index (χ3n) is 3.11. The number of ether oxygens (including phenoxy) is 1. The van der Waals surface area contributed by atoms with E-state index < -0.39 is 10.1 Å². The van der Waals surface area contributed by atoms with Gasteiger partial charge in [-0.1, -0.05) is 30.3 Å². The molecule has 1 aromatic carbocycles. The van der Waals surface area contributed by atoms with E-state index in [1.165, 1.54) is 5.56 Å². The van der Waals surface area contributed by atoms with Crippen LogP contribution >= 0.6 is 0 Å². The molecule has 1 fully saturated rings. The molecule has 1 saturated heterocycles. The second-order valence-electron chi connectivity index (χ2n) is 4.56. The zero-order valence-electron chi connectivity index (χ0n) is 10.4. The maximum atomic E-state index is 11.0. The molecule has 0 radical (unpaired) electrons. The minimum absolute atomic E-state index is 0.0956. The first-order valence-corrected chi connectivity index (χ1v) is 7.89. The van der Waals surface area contributed by atoms with Crippen LogP contribution in [0.15, 0.2) is 30.3 Å². The Hall–Kier alpha value is -0.910. The van der Waals surface area contributed by atoms with Gasteiger partial charge in [-0.05, 0) is 18.4 Å². The van der Waals surface area contributed by atoms with E-state index in [9.17, 15) is 8.42 Å². The minimum atomic E-state index is -3.41. The molecular formula is C13H18O4S. The normalized spacial score (nSPS) is 24.9. The molecule has 100 valence electrons. The molecule has 0 spiro atoms. The van der Waals surface area contributed by atoms with Gasteiger partial charge in [-0.15, -0.1) is 0 Å². The maximum Gasteiger partial charge on any atom is 0.264 e. The Balaban J connectivity index is 2.07. The Kier molecular flexibility index (Phi) is 4.37. The Morgan fingerprint density at radius 1 is 1.33 bits per heavy atom. The molecule has 0 aliphatic carbocycles. The van der Waals surface area contributed by atoms with E-state index in [4.69, 9.17) is 8.92 Å². The first-order chi connectivity index (χ1) is 8.56. The third-order valence-corrected chi connectivity index (χ3v) is 3.68. The van der Waals surface area contributed by atoms with Crippen LogP contribution in [-0.4, -0.2) is 34.0 Å². The van der Waals surface area contributed by atoms with Gasteiger partial charge in [0, 0.05) is 12.5 Å². The molecule has 1 aliphatic heterocycles. The van der Waals surface area contributed by atoms with Crippen LogP contribution in [0.4, 0.5) is 0 Å². The summed E-state index contributed by atoms with van der Waals surface area (Å²) >= 11 is 0. The van der Waals surface area contributed by atoms with Crippen molar-refractivity contribution in [3.8, 4) is 0 Å². The molecule has 0 amide bonds. The zero-order chi connectivity index (χ0) is 13.0. The summed E-state index contributed by atoms with van der Waals surface area (Å²) < 4.78 is 32.6. The summed E-state index contributed by atoms with van der Waals surface area (Å²) in [6.07, 6.45) is 2.88. The van der Waals surface area contributed by atoms with Crippen molar-refractivity contribution in [1.29, 1.82) is 0 Å². The lowest BCUT2D eigenvalue weighted by Crippen LogP contribution is -2.32. The van der Waals surface area contributed by atoms with Crippen molar-refractivity contribution in [2.45, 2.75) is 24.9 Å². The van der Waals surface area contributed by atoms with Crippen LogP contribution in [0, 0.1) is 0 Å². The number of hydrogen-bond donors (Lipinski definition) is 0. The van der Waals surface area contributed by atoms with Crippen LogP contribution in [0.3, 0.4) is 0 Å². The van der Waals surface area contributed by atoms with E-state index in [1.54, 1.807) is 0 Å². The molecule has 0 saturated carbocycles. The van der Waals surface area contributed by atoms with Crippen LogP contribution in [0.2, 0.25) is 0 Å². The average Bonchev–Trinajstić information content (AvgIpc) is 2.37. The Morgan fingerprint density at radius 2 is 2.06 bits per heavy atom. The molecule has 5 heteroatoms. The van der Waals surface area contributed by atoms with E-state index >= 15 is 0 Å². The topological polar surface area (TPSA) is 52.6 Å². The molecule has 1 aromatic rings. The van der Waals surface area contributed by atoms with Gasteiger partial charge in [-0.25, -0.2) is 0 Å². The fraction of sp³-hybridized carbons (Fsp3) is 0.538. The van der Waals surface area contributed by atoms with Gasteiger partial charge in [0.15, 0.2) is 0 Å². The first kappa shape index (κ1) is 13.5. The highest BCUT2D eigenvalue weighted by Gasteiger charge is 2.28. The Bertz CT molecular complexity index is 469. The van der Waals surface area contributed by atoms with Crippen molar-refractivity contribution in [2.75, 3.05) is 19.5 Å². The van der Waals surface area contributed by atoms with Gasteiger partial charge in [0.2, 0.25) is 0 Å². The lowest BCUT2D eigenvalue weighted by molar-refractivity contribution is -0.0248. The van der Waals surface area contributed by atoms with E-state index in [-0.39, 0.29) is 18.6 Å². The van der Waals surface area contributed by atoms with Gasteiger partial charge in [-0.3, -0.25) is 4.18 Å². The monoisotopic (exact) mass is 270 g/mol. The van der Waals surface area contributed by atoms with Crippen molar-refractivity contribution >= 4 is 10.1 Å². The Labute approximate surface area is 108 Å². The summed E-state index contributed by atoms with van der Waals surface area (Å²) in [6, 6.07) is 10.0. The molecule has 2 atom stereocenters. The number of rotatable bonds is 4. The molecule has 0 N–H and O–H groups in total. The highest BCUT2D eigenvalue weighted by Crippen LogP contribution is 2.31. The standard InChI is InChI=1S/C13H18O4S/c1-18(14,15)17-10-13-12(8-5-9-16-13)11-6-3-2-4-7-11/h2-4,6-7,12-13H,5,8-10H2,1H3.